The quantitative estimate of drug-likeness (QED) is 0.508. The number of phenolic OH excluding ortho intramolecular Hbond substituents is 1. The average molecular weight is 308 g/mol. The van der Waals surface area contributed by atoms with Crippen LogP contribution in [0.5, 0.6) is 5.75 Å². The largest absolute Gasteiger partial charge is 0.506 e. The lowest BCUT2D eigenvalue weighted by atomic mass is 10.1. The maximum atomic E-state index is 12.1. The Balaban J connectivity index is 2.30. The van der Waals surface area contributed by atoms with Gasteiger partial charge in [-0.1, -0.05) is 24.3 Å². The number of hydrogen-bond acceptors (Lipinski definition) is 4. The van der Waals surface area contributed by atoms with E-state index in [1.807, 2.05) is 4.72 Å². The molecule has 21 heavy (non-hydrogen) atoms. The number of rotatable bonds is 4. The van der Waals surface area contributed by atoms with Gasteiger partial charge in [0.1, 0.15) is 5.75 Å². The molecule has 0 saturated carbocycles. The molecule has 0 atom stereocenters. The third-order valence-electron chi connectivity index (χ3n) is 2.56. The fourth-order valence-corrected chi connectivity index (χ4v) is 2.13. The minimum atomic E-state index is -4.49. The molecule has 0 radical (unpaired) electrons. The first-order chi connectivity index (χ1) is 9.87. The summed E-state index contributed by atoms with van der Waals surface area (Å²) in [5.74, 6) is -0.755. The molecule has 0 unspecified atom stereocenters. The van der Waals surface area contributed by atoms with E-state index in [9.17, 15) is 18.3 Å². The highest BCUT2D eigenvalue weighted by atomic mass is 32.2. The Morgan fingerprint density at radius 2 is 1.52 bits per heavy atom. The number of benzene rings is 2. The molecule has 0 fully saturated rings. The third kappa shape index (κ3) is 3.94. The van der Waals surface area contributed by atoms with Crippen LogP contribution in [0, 0.1) is 0 Å². The van der Waals surface area contributed by atoms with Crippen LogP contribution in [-0.4, -0.2) is 24.0 Å². The minimum absolute atomic E-state index is 0.00150. The smallest absolute Gasteiger partial charge is 0.357 e. The molecule has 2 aromatic rings. The summed E-state index contributed by atoms with van der Waals surface area (Å²) in [5.41, 5.74) is 0.107. The van der Waals surface area contributed by atoms with E-state index < -0.39 is 16.2 Å². The SMILES string of the molecule is O=C(Nc1ccccc1O)c1ccccc1NS(=O)(=O)O. The van der Waals surface area contributed by atoms with Crippen LogP contribution in [0.4, 0.5) is 11.4 Å². The summed E-state index contributed by atoms with van der Waals surface area (Å²) in [5, 5.41) is 12.0. The van der Waals surface area contributed by atoms with Crippen molar-refractivity contribution >= 4 is 27.6 Å². The zero-order chi connectivity index (χ0) is 15.5. The molecule has 0 aromatic heterocycles. The molecular formula is C13H12N2O5S. The first-order valence-corrected chi connectivity index (χ1v) is 7.24. The molecular weight excluding hydrogens is 296 g/mol. The summed E-state index contributed by atoms with van der Waals surface area (Å²) in [6, 6.07) is 11.9. The molecule has 0 bridgehead atoms. The second-order valence-corrected chi connectivity index (χ2v) is 5.25. The van der Waals surface area contributed by atoms with Gasteiger partial charge in [-0.25, -0.2) is 0 Å². The number of anilines is 2. The van der Waals surface area contributed by atoms with Crippen LogP contribution >= 0.6 is 0 Å². The lowest BCUT2D eigenvalue weighted by Crippen LogP contribution is -2.17. The summed E-state index contributed by atoms with van der Waals surface area (Å²) in [4.78, 5) is 12.1. The summed E-state index contributed by atoms with van der Waals surface area (Å²) in [6.45, 7) is 0. The molecule has 2 rings (SSSR count). The summed E-state index contributed by atoms with van der Waals surface area (Å²) in [7, 11) is -4.49. The van der Waals surface area contributed by atoms with Gasteiger partial charge in [0.05, 0.1) is 16.9 Å². The van der Waals surface area contributed by atoms with E-state index in [-0.39, 0.29) is 22.7 Å². The van der Waals surface area contributed by atoms with Gasteiger partial charge in [-0.2, -0.15) is 8.42 Å². The normalized spacial score (nSPS) is 10.9. The number of aromatic hydroxyl groups is 1. The van der Waals surface area contributed by atoms with Crippen LogP contribution in [-0.2, 0) is 10.3 Å². The number of phenols is 1. The van der Waals surface area contributed by atoms with Crippen LogP contribution in [0.15, 0.2) is 48.5 Å². The number of para-hydroxylation sites is 3. The monoisotopic (exact) mass is 308 g/mol. The van der Waals surface area contributed by atoms with Gasteiger partial charge >= 0.3 is 10.3 Å². The van der Waals surface area contributed by atoms with Crippen LogP contribution in [0.1, 0.15) is 10.4 Å². The first kappa shape index (κ1) is 14.8. The highest BCUT2D eigenvalue weighted by molar-refractivity contribution is 7.87. The van der Waals surface area contributed by atoms with E-state index in [4.69, 9.17) is 4.55 Å². The second kappa shape index (κ2) is 5.81. The van der Waals surface area contributed by atoms with Crippen molar-refractivity contribution in [3.63, 3.8) is 0 Å². The fraction of sp³-hybridized carbons (Fsp3) is 0. The predicted octanol–water partition coefficient (Wildman–Crippen LogP) is 1.86. The van der Waals surface area contributed by atoms with E-state index in [0.29, 0.717) is 0 Å². The summed E-state index contributed by atoms with van der Waals surface area (Å²) < 4.78 is 32.4. The first-order valence-electron chi connectivity index (χ1n) is 5.80. The van der Waals surface area contributed by atoms with Gasteiger partial charge in [0.2, 0.25) is 0 Å². The van der Waals surface area contributed by atoms with Crippen LogP contribution in [0.25, 0.3) is 0 Å². The maximum absolute atomic E-state index is 12.1. The molecule has 0 heterocycles. The Hall–Kier alpha value is -2.58. The van der Waals surface area contributed by atoms with Crippen molar-refractivity contribution in [2.75, 3.05) is 10.0 Å². The maximum Gasteiger partial charge on any atom is 0.357 e. The lowest BCUT2D eigenvalue weighted by Gasteiger charge is -2.11. The van der Waals surface area contributed by atoms with E-state index in [2.05, 4.69) is 5.32 Å². The Bertz CT molecular complexity index is 774. The Morgan fingerprint density at radius 1 is 0.952 bits per heavy atom. The van der Waals surface area contributed by atoms with Crippen molar-refractivity contribution in [3.8, 4) is 5.75 Å². The topological polar surface area (TPSA) is 116 Å². The lowest BCUT2D eigenvalue weighted by molar-refractivity contribution is 0.102. The van der Waals surface area contributed by atoms with E-state index in [1.54, 1.807) is 12.1 Å². The van der Waals surface area contributed by atoms with Crippen molar-refractivity contribution < 1.29 is 22.9 Å². The van der Waals surface area contributed by atoms with Gasteiger partial charge in [0, 0.05) is 0 Å². The average Bonchev–Trinajstić information content (AvgIpc) is 2.40. The van der Waals surface area contributed by atoms with Crippen molar-refractivity contribution in [2.24, 2.45) is 0 Å². The molecule has 8 heteroatoms. The molecule has 0 spiro atoms. The Labute approximate surface area is 121 Å². The number of hydrogen-bond donors (Lipinski definition) is 4. The Morgan fingerprint density at radius 3 is 2.14 bits per heavy atom. The molecule has 0 saturated heterocycles. The van der Waals surface area contributed by atoms with Gasteiger partial charge in [0.25, 0.3) is 5.91 Å². The minimum Gasteiger partial charge on any atom is -0.506 e. The molecule has 0 aliphatic carbocycles. The van der Waals surface area contributed by atoms with Gasteiger partial charge < -0.3 is 10.4 Å². The molecule has 1 amide bonds. The number of amides is 1. The number of nitrogens with one attached hydrogen (secondary N) is 2. The van der Waals surface area contributed by atoms with Crippen molar-refractivity contribution in [2.45, 2.75) is 0 Å². The fourth-order valence-electron chi connectivity index (χ4n) is 1.68. The second-order valence-electron chi connectivity index (χ2n) is 4.09. The van der Waals surface area contributed by atoms with Crippen molar-refractivity contribution in [3.05, 3.63) is 54.1 Å². The van der Waals surface area contributed by atoms with Gasteiger partial charge in [-0.15, -0.1) is 0 Å². The van der Waals surface area contributed by atoms with E-state index in [1.165, 1.54) is 36.4 Å². The molecule has 4 N–H and O–H groups in total. The zero-order valence-electron chi connectivity index (χ0n) is 10.6. The molecule has 0 aliphatic rings. The van der Waals surface area contributed by atoms with Crippen molar-refractivity contribution in [1.29, 1.82) is 0 Å². The predicted molar refractivity (Wildman–Crippen MR) is 77.7 cm³/mol. The van der Waals surface area contributed by atoms with E-state index >= 15 is 0 Å². The van der Waals surface area contributed by atoms with E-state index in [0.717, 1.165) is 0 Å². The standard InChI is InChI=1S/C13H12N2O5S/c16-12-8-4-3-7-11(12)14-13(17)9-5-1-2-6-10(9)15-21(18,19)20/h1-8,15-16H,(H,14,17)(H,18,19,20). The molecule has 2 aromatic carbocycles. The van der Waals surface area contributed by atoms with Crippen LogP contribution in [0.3, 0.4) is 0 Å². The molecule has 7 nitrogen and oxygen atoms in total. The van der Waals surface area contributed by atoms with Gasteiger partial charge in [-0.3, -0.25) is 14.1 Å². The van der Waals surface area contributed by atoms with Gasteiger partial charge in [-0.05, 0) is 24.3 Å². The summed E-state index contributed by atoms with van der Waals surface area (Å²) in [6.07, 6.45) is 0. The zero-order valence-corrected chi connectivity index (χ0v) is 11.5. The summed E-state index contributed by atoms with van der Waals surface area (Å²) >= 11 is 0. The van der Waals surface area contributed by atoms with Crippen LogP contribution < -0.4 is 10.0 Å². The third-order valence-corrected chi connectivity index (χ3v) is 3.04. The number of carbonyl (C=O) groups is 1. The Kier molecular flexibility index (Phi) is 4.10. The number of carbonyl (C=O) groups excluding carboxylic acids is 1. The van der Waals surface area contributed by atoms with Crippen LogP contribution in [0.2, 0.25) is 0 Å². The highest BCUT2D eigenvalue weighted by Gasteiger charge is 2.15. The molecule has 0 aliphatic heterocycles. The van der Waals surface area contributed by atoms with Crippen molar-refractivity contribution in [1.82, 2.24) is 0 Å². The highest BCUT2D eigenvalue weighted by Crippen LogP contribution is 2.24. The van der Waals surface area contributed by atoms with Gasteiger partial charge in [0.15, 0.2) is 0 Å². The molecule has 110 valence electrons.